The van der Waals surface area contributed by atoms with Crippen molar-refractivity contribution in [2.75, 3.05) is 63.6 Å². The molecule has 1 unspecified atom stereocenters. The molecule has 3 aliphatic rings. The number of rotatable bonds is 5. The smallest absolute Gasteiger partial charge is 0.211 e. The van der Waals surface area contributed by atoms with Gasteiger partial charge >= 0.3 is 0 Å². The Hall–Kier alpha value is -2.25. The van der Waals surface area contributed by atoms with Crippen molar-refractivity contribution in [3.8, 4) is 11.4 Å². The van der Waals surface area contributed by atoms with Crippen molar-refractivity contribution in [3.05, 3.63) is 30.1 Å². The normalized spacial score (nSPS) is 23.0. The number of aromatic amines is 1. The maximum Gasteiger partial charge on any atom is 0.211 e. The van der Waals surface area contributed by atoms with Gasteiger partial charge < -0.3 is 9.64 Å². The van der Waals surface area contributed by atoms with Crippen LogP contribution in [0.4, 0.5) is 5.82 Å². The van der Waals surface area contributed by atoms with Gasteiger partial charge in [-0.2, -0.15) is 9.40 Å². The van der Waals surface area contributed by atoms with Gasteiger partial charge in [0.05, 0.1) is 41.8 Å². The highest BCUT2D eigenvalue weighted by Gasteiger charge is 2.40. The Morgan fingerprint density at radius 3 is 2.73 bits per heavy atom. The fraction of sp³-hybridized carbons (Fsp3) is 0.560. The molecule has 3 aliphatic heterocycles. The molecule has 0 amide bonds. The maximum atomic E-state index is 12.1. The average molecular weight is 544 g/mol. The third-order valence-electron chi connectivity index (χ3n) is 7.59. The molecule has 0 aliphatic carbocycles. The van der Waals surface area contributed by atoms with Gasteiger partial charge in [0.25, 0.3) is 0 Å². The van der Waals surface area contributed by atoms with Gasteiger partial charge in [-0.15, -0.1) is 11.8 Å². The molecule has 10 nitrogen and oxygen atoms in total. The maximum absolute atomic E-state index is 12.1. The summed E-state index contributed by atoms with van der Waals surface area (Å²) in [5.41, 5.74) is 2.80. The van der Waals surface area contributed by atoms with E-state index in [1.54, 1.807) is 4.31 Å². The van der Waals surface area contributed by atoms with Crippen molar-refractivity contribution >= 4 is 38.5 Å². The fourth-order valence-corrected chi connectivity index (χ4v) is 7.89. The lowest BCUT2D eigenvalue weighted by Crippen LogP contribution is -2.61. The topological polar surface area (TPSA) is 108 Å². The number of nitrogens with one attached hydrogen (secondary N) is 1. The summed E-state index contributed by atoms with van der Waals surface area (Å²) in [6, 6.07) is 6.09. The molecule has 12 heteroatoms. The number of morpholine rings is 1. The minimum absolute atomic E-state index is 0.239. The number of fused-ring (bicyclic) bond motifs is 2. The van der Waals surface area contributed by atoms with Crippen LogP contribution in [0.15, 0.2) is 29.3 Å². The Morgan fingerprint density at radius 1 is 1.16 bits per heavy atom. The zero-order chi connectivity index (χ0) is 25.8. The number of nitrogens with zero attached hydrogens (tertiary/aromatic N) is 6. The predicted molar refractivity (Wildman–Crippen MR) is 146 cm³/mol. The van der Waals surface area contributed by atoms with Gasteiger partial charge in [-0.05, 0) is 19.9 Å². The summed E-state index contributed by atoms with van der Waals surface area (Å²) in [4.78, 5) is 16.2. The zero-order valence-electron chi connectivity index (χ0n) is 21.5. The van der Waals surface area contributed by atoms with Gasteiger partial charge in [0, 0.05) is 67.4 Å². The first kappa shape index (κ1) is 25.1. The first-order chi connectivity index (χ1) is 17.7. The van der Waals surface area contributed by atoms with Crippen LogP contribution in [-0.4, -0.2) is 107 Å². The standard InChI is InChI=1S/C25H33N7O3S2/c1-25(2)16-32(37(3,33)34)8-7-31(25)15-17-13-21-22(36-17)24(30-9-11-35-12-10-30)28-23(27-21)18-5-4-6-20-19(18)14-26-29-20/h4-6,14,17H,7-13,15-16H2,1-3H3,(H,26,29). The van der Waals surface area contributed by atoms with E-state index in [9.17, 15) is 8.42 Å². The Morgan fingerprint density at radius 2 is 1.97 bits per heavy atom. The Labute approximate surface area is 221 Å². The lowest BCUT2D eigenvalue weighted by Gasteiger charge is -2.47. The van der Waals surface area contributed by atoms with Crippen LogP contribution in [0, 0.1) is 0 Å². The minimum Gasteiger partial charge on any atom is -0.378 e. The molecule has 198 valence electrons. The van der Waals surface area contributed by atoms with E-state index in [1.165, 1.54) is 11.2 Å². The molecule has 6 rings (SSSR count). The molecule has 2 fully saturated rings. The van der Waals surface area contributed by atoms with Gasteiger partial charge in [0.15, 0.2) is 5.82 Å². The number of aromatic nitrogens is 4. The average Bonchev–Trinajstić information content (AvgIpc) is 3.51. The van der Waals surface area contributed by atoms with Gasteiger partial charge in [-0.3, -0.25) is 10.00 Å². The number of benzene rings is 1. The molecule has 0 spiro atoms. The third-order valence-corrected chi connectivity index (χ3v) is 10.1. The van der Waals surface area contributed by atoms with E-state index in [0.717, 1.165) is 66.4 Å². The Bertz CT molecular complexity index is 1420. The fourth-order valence-electron chi connectivity index (χ4n) is 5.55. The van der Waals surface area contributed by atoms with Gasteiger partial charge in [-0.1, -0.05) is 12.1 Å². The van der Waals surface area contributed by atoms with Crippen molar-refractivity contribution in [1.82, 2.24) is 29.4 Å². The number of ether oxygens (including phenoxy) is 1. The second kappa shape index (κ2) is 9.49. The van der Waals surface area contributed by atoms with Crippen molar-refractivity contribution < 1.29 is 13.2 Å². The molecule has 37 heavy (non-hydrogen) atoms. The molecule has 1 N–H and O–H groups in total. The number of thioether (sulfide) groups is 1. The summed E-state index contributed by atoms with van der Waals surface area (Å²) < 4.78 is 31.5. The summed E-state index contributed by atoms with van der Waals surface area (Å²) >= 11 is 1.87. The second-order valence-electron chi connectivity index (χ2n) is 10.7. The van der Waals surface area contributed by atoms with Crippen LogP contribution >= 0.6 is 11.8 Å². The van der Waals surface area contributed by atoms with Gasteiger partial charge in [0.2, 0.25) is 10.0 Å². The van der Waals surface area contributed by atoms with E-state index in [-0.39, 0.29) is 5.54 Å². The van der Waals surface area contributed by atoms with Crippen LogP contribution in [-0.2, 0) is 21.2 Å². The van der Waals surface area contributed by atoms with Crippen LogP contribution in [0.25, 0.3) is 22.3 Å². The molecule has 0 radical (unpaired) electrons. The quantitative estimate of drug-likeness (QED) is 0.518. The highest BCUT2D eigenvalue weighted by atomic mass is 32.2. The summed E-state index contributed by atoms with van der Waals surface area (Å²) in [6.07, 6.45) is 4.00. The van der Waals surface area contributed by atoms with Crippen molar-refractivity contribution in [2.45, 2.75) is 36.0 Å². The minimum atomic E-state index is -3.19. The van der Waals surface area contributed by atoms with E-state index in [1.807, 2.05) is 30.1 Å². The van der Waals surface area contributed by atoms with Crippen LogP contribution in [0.3, 0.4) is 0 Å². The first-order valence-electron chi connectivity index (χ1n) is 12.7. The monoisotopic (exact) mass is 543 g/mol. The van der Waals surface area contributed by atoms with Crippen molar-refractivity contribution in [3.63, 3.8) is 0 Å². The third kappa shape index (κ3) is 4.85. The Kier molecular flexibility index (Phi) is 6.43. The number of H-pyrrole nitrogens is 1. The summed E-state index contributed by atoms with van der Waals surface area (Å²) in [6.45, 7) is 9.92. The molecule has 2 aromatic heterocycles. The lowest BCUT2D eigenvalue weighted by molar-refractivity contribution is 0.0553. The zero-order valence-corrected chi connectivity index (χ0v) is 23.1. The summed E-state index contributed by atoms with van der Waals surface area (Å²) in [5, 5.41) is 8.62. The second-order valence-corrected chi connectivity index (χ2v) is 14.0. The first-order valence-corrected chi connectivity index (χ1v) is 15.4. The van der Waals surface area contributed by atoms with Crippen LogP contribution in [0.2, 0.25) is 0 Å². The number of sulfonamides is 1. The number of anilines is 1. The van der Waals surface area contributed by atoms with E-state index in [2.05, 4.69) is 39.9 Å². The molecule has 2 saturated heterocycles. The largest absolute Gasteiger partial charge is 0.378 e. The highest BCUT2D eigenvalue weighted by Crippen LogP contribution is 2.44. The van der Waals surface area contributed by atoms with Crippen LogP contribution in [0.5, 0.6) is 0 Å². The SMILES string of the molecule is CC1(C)CN(S(C)(=O)=O)CCN1CC1Cc2nc(-c3cccc4[nH]ncc34)nc(N3CCOCC3)c2S1. The van der Waals surface area contributed by atoms with E-state index in [4.69, 9.17) is 14.7 Å². The molecule has 5 heterocycles. The van der Waals surface area contributed by atoms with Crippen molar-refractivity contribution in [1.29, 1.82) is 0 Å². The molecule has 1 aromatic carbocycles. The van der Waals surface area contributed by atoms with Crippen LogP contribution in [0.1, 0.15) is 19.5 Å². The molecule has 0 bridgehead atoms. The molecular formula is C25H33N7O3S2. The van der Waals surface area contributed by atoms with E-state index in [0.29, 0.717) is 31.6 Å². The molecular weight excluding hydrogens is 510 g/mol. The molecule has 3 aromatic rings. The summed E-state index contributed by atoms with van der Waals surface area (Å²) in [7, 11) is -3.19. The van der Waals surface area contributed by atoms with Crippen LogP contribution < -0.4 is 4.90 Å². The molecule has 1 atom stereocenters. The summed E-state index contributed by atoms with van der Waals surface area (Å²) in [5.74, 6) is 1.73. The van der Waals surface area contributed by atoms with Crippen molar-refractivity contribution in [2.24, 2.45) is 0 Å². The number of piperazine rings is 1. The van der Waals surface area contributed by atoms with E-state index >= 15 is 0 Å². The van der Waals surface area contributed by atoms with Gasteiger partial charge in [0.1, 0.15) is 5.82 Å². The predicted octanol–water partition coefficient (Wildman–Crippen LogP) is 2.23. The number of hydrogen-bond acceptors (Lipinski definition) is 9. The molecule has 0 saturated carbocycles. The van der Waals surface area contributed by atoms with E-state index < -0.39 is 10.0 Å². The van der Waals surface area contributed by atoms with Gasteiger partial charge in [-0.25, -0.2) is 18.4 Å². The Balaban J connectivity index is 1.30. The highest BCUT2D eigenvalue weighted by molar-refractivity contribution is 8.00. The number of hydrogen-bond donors (Lipinski definition) is 1. The lowest BCUT2D eigenvalue weighted by atomic mass is 9.99.